The lowest BCUT2D eigenvalue weighted by Gasteiger charge is -2.39. The van der Waals surface area contributed by atoms with E-state index in [1.165, 1.54) is 54.8 Å². The van der Waals surface area contributed by atoms with E-state index < -0.39 is 17.2 Å². The third kappa shape index (κ3) is 7.76. The average molecular weight is 620 g/mol. The molecule has 0 aromatic carbocycles. The second kappa shape index (κ2) is 13.8. The number of rotatable bonds is 14. The summed E-state index contributed by atoms with van der Waals surface area (Å²) in [6.07, 6.45) is 9.69. The van der Waals surface area contributed by atoms with E-state index in [4.69, 9.17) is 9.47 Å². The van der Waals surface area contributed by atoms with E-state index >= 15 is 0 Å². The van der Waals surface area contributed by atoms with Gasteiger partial charge in [-0.1, -0.05) is 31.4 Å². The van der Waals surface area contributed by atoms with Gasteiger partial charge in [0.2, 0.25) is 5.60 Å². The summed E-state index contributed by atoms with van der Waals surface area (Å²) in [5.41, 5.74) is -2.20. The number of quaternary nitrogens is 1. The van der Waals surface area contributed by atoms with Gasteiger partial charge in [-0.3, -0.25) is 0 Å². The van der Waals surface area contributed by atoms with Gasteiger partial charge in [-0.05, 0) is 82.2 Å². The van der Waals surface area contributed by atoms with Crippen LogP contribution in [0.25, 0.3) is 0 Å². The van der Waals surface area contributed by atoms with Crippen molar-refractivity contribution in [3.63, 3.8) is 0 Å². The second-order valence-electron chi connectivity index (χ2n) is 13.9. The van der Waals surface area contributed by atoms with Gasteiger partial charge in [0.05, 0.1) is 36.4 Å². The molecule has 9 heteroatoms. The van der Waals surface area contributed by atoms with Crippen molar-refractivity contribution in [3.8, 4) is 0 Å². The molecular formula is C33H51N2O5S2+. The molecule has 2 fully saturated rings. The molecule has 0 saturated heterocycles. The minimum Gasteiger partial charge on any atom is -0.459 e. The van der Waals surface area contributed by atoms with Crippen molar-refractivity contribution < 1.29 is 28.7 Å². The van der Waals surface area contributed by atoms with Crippen LogP contribution in [0.3, 0.4) is 0 Å². The zero-order valence-corrected chi connectivity index (χ0v) is 28.0. The Balaban J connectivity index is 1.21. The molecule has 42 heavy (non-hydrogen) atoms. The highest BCUT2D eigenvalue weighted by atomic mass is 32.1. The quantitative estimate of drug-likeness (QED) is 0.140. The average Bonchev–Trinajstić information content (AvgIpc) is 3.73. The number of aliphatic hydroxyl groups is 1. The molecule has 7 nitrogen and oxygen atoms in total. The van der Waals surface area contributed by atoms with Crippen LogP contribution in [-0.2, 0) is 19.9 Å². The van der Waals surface area contributed by atoms with Crippen molar-refractivity contribution in [3.05, 3.63) is 44.8 Å². The summed E-state index contributed by atoms with van der Waals surface area (Å²) in [6.45, 7) is 7.53. The van der Waals surface area contributed by atoms with E-state index in [9.17, 15) is 14.7 Å². The molecule has 2 aromatic rings. The number of nitrogens with zero attached hydrogens (tertiary/aromatic N) is 2. The fraction of sp³-hybridized carbons (Fsp3) is 0.697. The Labute approximate surface area is 260 Å². The van der Waals surface area contributed by atoms with Gasteiger partial charge in [0.1, 0.15) is 11.7 Å². The minimum atomic E-state index is -1.74. The highest BCUT2D eigenvalue weighted by Gasteiger charge is 2.58. The molecule has 4 rings (SSSR count). The van der Waals surface area contributed by atoms with Crippen LogP contribution < -0.4 is 0 Å². The standard InChI is InChI=1S/C33H51N2O5S2/c1-32(2,3)40-31(37)34(4)19-11-9-7-8-10-12-20-35(5,6)29-24-17-18-25(29)26(23-24)39-30(36)33(38,27-15-13-21-41-27)28-16-14-22-42-28/h13-16,21-22,24-26,29,38H,7-12,17-20,23H2,1-6H3/q+1/t24?,25-,26+,29?/m1/s1. The molecular weight excluding hydrogens is 569 g/mol. The van der Waals surface area contributed by atoms with Crippen molar-refractivity contribution in [1.29, 1.82) is 0 Å². The topological polar surface area (TPSA) is 76.1 Å². The Kier molecular flexibility index (Phi) is 10.8. The predicted octanol–water partition coefficient (Wildman–Crippen LogP) is 7.04. The summed E-state index contributed by atoms with van der Waals surface area (Å²) < 4.78 is 12.6. The van der Waals surface area contributed by atoms with Gasteiger partial charge in [-0.15, -0.1) is 22.7 Å². The highest BCUT2D eigenvalue weighted by molar-refractivity contribution is 7.12. The summed E-state index contributed by atoms with van der Waals surface area (Å²) in [5.74, 6) is 0.361. The van der Waals surface area contributed by atoms with E-state index in [0.717, 1.165) is 43.3 Å². The normalized spacial score (nSPS) is 22.4. The van der Waals surface area contributed by atoms with Crippen LogP contribution in [0.1, 0.15) is 88.3 Å². The van der Waals surface area contributed by atoms with Gasteiger partial charge in [0.25, 0.3) is 0 Å². The van der Waals surface area contributed by atoms with E-state index in [2.05, 4.69) is 14.1 Å². The first-order chi connectivity index (χ1) is 19.8. The molecule has 2 unspecified atom stereocenters. The molecule has 2 aromatic heterocycles. The second-order valence-corrected chi connectivity index (χ2v) is 15.8. The van der Waals surface area contributed by atoms with Gasteiger partial charge in [0.15, 0.2) is 0 Å². The summed E-state index contributed by atoms with van der Waals surface area (Å²) in [6, 6.07) is 7.85. The Morgan fingerprint density at radius 3 is 2.14 bits per heavy atom. The number of fused-ring (bicyclic) bond motifs is 2. The first-order valence-corrected chi connectivity index (χ1v) is 17.4. The van der Waals surface area contributed by atoms with Crippen molar-refractivity contribution >= 4 is 34.7 Å². The third-order valence-electron chi connectivity index (χ3n) is 9.10. The molecule has 2 bridgehead atoms. The molecule has 4 atom stereocenters. The van der Waals surface area contributed by atoms with Crippen LogP contribution in [0.4, 0.5) is 4.79 Å². The minimum absolute atomic E-state index is 0.135. The SMILES string of the molecule is CN(CCCCCCCC[N+](C)(C)C1C2CC[C@@H]1[C@@H](OC(=O)C(O)(c1cccs1)c1cccs1)C2)C(=O)OC(C)(C)C. The van der Waals surface area contributed by atoms with Gasteiger partial charge in [-0.25, -0.2) is 9.59 Å². The fourth-order valence-corrected chi connectivity index (χ4v) is 8.84. The molecule has 1 amide bonds. The van der Waals surface area contributed by atoms with E-state index in [-0.39, 0.29) is 12.2 Å². The summed E-state index contributed by atoms with van der Waals surface area (Å²) in [7, 11) is 6.50. The maximum Gasteiger partial charge on any atom is 0.410 e. The van der Waals surface area contributed by atoms with Crippen molar-refractivity contribution in [2.45, 2.75) is 102 Å². The van der Waals surface area contributed by atoms with E-state index in [0.29, 0.717) is 27.6 Å². The van der Waals surface area contributed by atoms with Crippen LogP contribution in [0.2, 0.25) is 0 Å². The Bertz CT molecular complexity index is 1110. The van der Waals surface area contributed by atoms with Crippen molar-refractivity contribution in [1.82, 2.24) is 4.90 Å². The zero-order valence-electron chi connectivity index (χ0n) is 26.3. The number of thiophene rings is 2. The molecule has 234 valence electrons. The number of carbonyl (C=O) groups is 2. The first kappa shape index (κ1) is 33.0. The zero-order chi connectivity index (χ0) is 30.5. The summed E-state index contributed by atoms with van der Waals surface area (Å²) in [4.78, 5) is 28.6. The molecule has 0 radical (unpaired) electrons. The number of esters is 1. The van der Waals surface area contributed by atoms with Crippen LogP contribution in [-0.4, -0.2) is 78.5 Å². The van der Waals surface area contributed by atoms with E-state index in [1.807, 2.05) is 62.8 Å². The van der Waals surface area contributed by atoms with Gasteiger partial charge >= 0.3 is 12.1 Å². The molecule has 2 saturated carbocycles. The van der Waals surface area contributed by atoms with Crippen molar-refractivity contribution in [2.75, 3.05) is 34.2 Å². The molecule has 1 N–H and O–H groups in total. The molecule has 0 aliphatic heterocycles. The summed E-state index contributed by atoms with van der Waals surface area (Å²) >= 11 is 2.78. The van der Waals surface area contributed by atoms with Crippen LogP contribution in [0.15, 0.2) is 35.0 Å². The molecule has 2 aliphatic rings. The smallest absolute Gasteiger partial charge is 0.410 e. The van der Waals surface area contributed by atoms with Crippen LogP contribution in [0, 0.1) is 11.8 Å². The lowest BCUT2D eigenvalue weighted by Crippen LogP contribution is -2.52. The Morgan fingerprint density at radius 1 is 0.976 bits per heavy atom. The fourth-order valence-electron chi connectivity index (χ4n) is 7.13. The summed E-state index contributed by atoms with van der Waals surface area (Å²) in [5, 5.41) is 15.5. The number of unbranched alkanes of at least 4 members (excludes halogenated alkanes) is 5. The molecule has 0 spiro atoms. The van der Waals surface area contributed by atoms with E-state index in [1.54, 1.807) is 4.90 Å². The Hall–Kier alpha value is -1.94. The van der Waals surface area contributed by atoms with Gasteiger partial charge in [0, 0.05) is 25.4 Å². The maximum absolute atomic E-state index is 13.6. The predicted molar refractivity (Wildman–Crippen MR) is 170 cm³/mol. The lowest BCUT2D eigenvalue weighted by atomic mass is 9.96. The monoisotopic (exact) mass is 619 g/mol. The number of hydrogen-bond acceptors (Lipinski definition) is 7. The first-order valence-electron chi connectivity index (χ1n) is 15.6. The van der Waals surface area contributed by atoms with Crippen LogP contribution in [0.5, 0.6) is 0 Å². The Morgan fingerprint density at radius 2 is 1.57 bits per heavy atom. The lowest BCUT2D eigenvalue weighted by molar-refractivity contribution is -0.919. The highest BCUT2D eigenvalue weighted by Crippen LogP contribution is 2.51. The number of amides is 1. The van der Waals surface area contributed by atoms with Gasteiger partial charge in [-0.2, -0.15) is 0 Å². The number of carbonyl (C=O) groups excluding carboxylic acids is 2. The molecule has 2 aliphatic carbocycles. The molecule has 2 heterocycles. The number of hydrogen-bond donors (Lipinski definition) is 1. The third-order valence-corrected chi connectivity index (χ3v) is 11.1. The maximum atomic E-state index is 13.6. The number of ether oxygens (including phenoxy) is 2. The largest absolute Gasteiger partial charge is 0.459 e. The van der Waals surface area contributed by atoms with Crippen molar-refractivity contribution in [2.24, 2.45) is 11.8 Å². The van der Waals surface area contributed by atoms with Crippen LogP contribution >= 0.6 is 22.7 Å². The van der Waals surface area contributed by atoms with Gasteiger partial charge < -0.3 is 24.0 Å².